The van der Waals surface area contributed by atoms with Gasteiger partial charge in [-0.2, -0.15) is 0 Å². The highest BCUT2D eigenvalue weighted by molar-refractivity contribution is 7.89. The first-order valence-electron chi connectivity index (χ1n) is 8.57. The number of aryl methyl sites for hydroxylation is 1. The Labute approximate surface area is 151 Å². The van der Waals surface area contributed by atoms with Crippen LogP contribution in [0.25, 0.3) is 10.9 Å². The molecule has 2 aromatic rings. The fourth-order valence-corrected chi connectivity index (χ4v) is 4.61. The number of rotatable bonds is 5. The lowest BCUT2D eigenvalue weighted by atomic mass is 9.93. The van der Waals surface area contributed by atoms with Gasteiger partial charge in [-0.3, -0.25) is 13.9 Å². The summed E-state index contributed by atoms with van der Waals surface area (Å²) in [5.41, 5.74) is -1.13. The van der Waals surface area contributed by atoms with E-state index in [1.165, 1.54) is 22.8 Å². The fourth-order valence-electron chi connectivity index (χ4n) is 3.13. The van der Waals surface area contributed by atoms with Crippen molar-refractivity contribution in [1.29, 1.82) is 0 Å². The van der Waals surface area contributed by atoms with Crippen LogP contribution < -0.4 is 16.0 Å². The van der Waals surface area contributed by atoms with Crippen molar-refractivity contribution in [2.24, 2.45) is 0 Å². The minimum absolute atomic E-state index is 0.00798. The fraction of sp³-hybridized carbons (Fsp3) is 0.529. The van der Waals surface area contributed by atoms with Gasteiger partial charge >= 0.3 is 5.69 Å². The summed E-state index contributed by atoms with van der Waals surface area (Å²) in [6.07, 6.45) is -0.236. The van der Waals surface area contributed by atoms with Gasteiger partial charge in [-0.1, -0.05) is 0 Å². The van der Waals surface area contributed by atoms with Crippen LogP contribution in [0.5, 0.6) is 0 Å². The van der Waals surface area contributed by atoms with Crippen molar-refractivity contribution < 1.29 is 13.2 Å². The highest BCUT2D eigenvalue weighted by Gasteiger charge is 2.44. The number of hydrogen-bond acceptors (Lipinski definition) is 5. The van der Waals surface area contributed by atoms with Gasteiger partial charge in [-0.05, 0) is 45.9 Å². The predicted molar refractivity (Wildman–Crippen MR) is 98.0 cm³/mol. The average Bonchev–Trinajstić information content (AvgIpc) is 2.60. The zero-order valence-corrected chi connectivity index (χ0v) is 16.1. The zero-order valence-electron chi connectivity index (χ0n) is 15.3. The van der Waals surface area contributed by atoms with E-state index in [1.54, 1.807) is 27.7 Å². The second-order valence-corrected chi connectivity index (χ2v) is 8.41. The quantitative estimate of drug-likeness (QED) is 0.820. The second kappa shape index (κ2) is 6.33. The van der Waals surface area contributed by atoms with Crippen molar-refractivity contribution in [3.8, 4) is 0 Å². The molecule has 0 aliphatic carbocycles. The smallest absolute Gasteiger partial charge is 0.331 e. The molecule has 3 rings (SSSR count). The molecule has 0 radical (unpaired) electrons. The Balaban J connectivity index is 2.18. The third-order valence-electron chi connectivity index (χ3n) is 5.04. The number of nitrogens with zero attached hydrogens (tertiary/aromatic N) is 2. The summed E-state index contributed by atoms with van der Waals surface area (Å²) < 4.78 is 36.1. The lowest BCUT2D eigenvalue weighted by Gasteiger charge is -2.44. The van der Waals surface area contributed by atoms with E-state index in [4.69, 9.17) is 4.74 Å². The number of ether oxygens (including phenoxy) is 1. The first kappa shape index (κ1) is 18.8. The molecule has 0 saturated carbocycles. The number of benzene rings is 1. The Kier molecular flexibility index (Phi) is 4.58. The summed E-state index contributed by atoms with van der Waals surface area (Å²) in [5.74, 6) is 0. The van der Waals surface area contributed by atoms with Crippen LogP contribution in [0.3, 0.4) is 0 Å². The molecular formula is C17H23N3O5S. The van der Waals surface area contributed by atoms with Gasteiger partial charge in [0.2, 0.25) is 10.0 Å². The number of fused-ring (bicyclic) bond motifs is 1. The van der Waals surface area contributed by atoms with Crippen molar-refractivity contribution in [2.45, 2.75) is 57.3 Å². The van der Waals surface area contributed by atoms with E-state index in [2.05, 4.69) is 4.72 Å². The molecule has 0 spiro atoms. The largest absolute Gasteiger partial charge is 0.374 e. The molecule has 1 aromatic carbocycles. The van der Waals surface area contributed by atoms with Gasteiger partial charge < -0.3 is 4.74 Å². The molecule has 2 atom stereocenters. The van der Waals surface area contributed by atoms with E-state index in [-0.39, 0.29) is 22.9 Å². The normalized spacial score (nSPS) is 23.2. The van der Waals surface area contributed by atoms with Gasteiger partial charge in [0.05, 0.1) is 34.0 Å². The van der Waals surface area contributed by atoms with Crippen LogP contribution in [0.4, 0.5) is 0 Å². The SMILES string of the molecule is CCn1c(=O)c2cc(S(=O)(=O)NC3(C)COC3C)ccc2n(CC)c1=O. The molecule has 1 aromatic heterocycles. The summed E-state index contributed by atoms with van der Waals surface area (Å²) in [7, 11) is -3.83. The molecule has 2 unspecified atom stereocenters. The standard InChI is InChI=1S/C17H23N3O5S/c1-5-19-14-8-7-12(9-13(14)15(21)20(6-2)16(19)22)26(23,24)18-17(4)10-25-11(17)3/h7-9,11,18H,5-6,10H2,1-4H3. The van der Waals surface area contributed by atoms with Crippen molar-refractivity contribution in [3.63, 3.8) is 0 Å². The maximum atomic E-state index is 12.8. The Bertz CT molecular complexity index is 1090. The lowest BCUT2D eigenvalue weighted by Crippen LogP contribution is -2.65. The Morgan fingerprint density at radius 1 is 1.23 bits per heavy atom. The maximum absolute atomic E-state index is 12.8. The Hall–Kier alpha value is -1.97. The third-order valence-corrected chi connectivity index (χ3v) is 6.65. The Morgan fingerprint density at radius 3 is 2.38 bits per heavy atom. The molecule has 26 heavy (non-hydrogen) atoms. The molecule has 0 amide bonds. The average molecular weight is 381 g/mol. The molecule has 2 heterocycles. The van der Waals surface area contributed by atoms with E-state index < -0.39 is 26.8 Å². The Morgan fingerprint density at radius 2 is 1.88 bits per heavy atom. The second-order valence-electron chi connectivity index (χ2n) is 6.73. The molecule has 1 N–H and O–H groups in total. The van der Waals surface area contributed by atoms with Crippen molar-refractivity contribution in [2.75, 3.05) is 6.61 Å². The van der Waals surface area contributed by atoms with Crippen LogP contribution in [-0.2, 0) is 27.8 Å². The molecule has 1 aliphatic heterocycles. The van der Waals surface area contributed by atoms with Crippen LogP contribution in [-0.4, -0.2) is 35.8 Å². The minimum atomic E-state index is -3.83. The summed E-state index contributed by atoms with van der Waals surface area (Å²) in [4.78, 5) is 25.0. The van der Waals surface area contributed by atoms with Crippen LogP contribution in [0.1, 0.15) is 27.7 Å². The van der Waals surface area contributed by atoms with E-state index in [0.29, 0.717) is 18.7 Å². The van der Waals surface area contributed by atoms with Gasteiger partial charge in [-0.25, -0.2) is 17.9 Å². The van der Waals surface area contributed by atoms with Gasteiger partial charge in [0.15, 0.2) is 0 Å². The molecule has 9 heteroatoms. The first-order chi connectivity index (χ1) is 12.1. The van der Waals surface area contributed by atoms with Gasteiger partial charge in [-0.15, -0.1) is 0 Å². The van der Waals surface area contributed by atoms with Crippen LogP contribution in [0, 0.1) is 0 Å². The summed E-state index contributed by atoms with van der Waals surface area (Å²) in [6.45, 7) is 7.97. The van der Waals surface area contributed by atoms with Crippen LogP contribution in [0.15, 0.2) is 32.7 Å². The highest BCUT2D eigenvalue weighted by atomic mass is 32.2. The van der Waals surface area contributed by atoms with E-state index in [1.807, 2.05) is 0 Å². The number of sulfonamides is 1. The molecule has 1 saturated heterocycles. The van der Waals surface area contributed by atoms with Crippen molar-refractivity contribution in [1.82, 2.24) is 13.9 Å². The minimum Gasteiger partial charge on any atom is -0.374 e. The third kappa shape index (κ3) is 2.80. The number of aromatic nitrogens is 2. The summed E-state index contributed by atoms with van der Waals surface area (Å²) in [6, 6.07) is 4.27. The topological polar surface area (TPSA) is 99.4 Å². The molecule has 8 nitrogen and oxygen atoms in total. The van der Waals surface area contributed by atoms with Crippen molar-refractivity contribution >= 4 is 20.9 Å². The zero-order chi connectivity index (χ0) is 19.3. The van der Waals surface area contributed by atoms with Crippen molar-refractivity contribution in [3.05, 3.63) is 39.0 Å². The number of hydrogen-bond donors (Lipinski definition) is 1. The van der Waals surface area contributed by atoms with Gasteiger partial charge in [0.25, 0.3) is 5.56 Å². The maximum Gasteiger partial charge on any atom is 0.331 e. The monoisotopic (exact) mass is 381 g/mol. The lowest BCUT2D eigenvalue weighted by molar-refractivity contribution is -0.120. The molecule has 0 bridgehead atoms. The summed E-state index contributed by atoms with van der Waals surface area (Å²) in [5, 5.41) is 0.208. The van der Waals surface area contributed by atoms with E-state index >= 15 is 0 Å². The summed E-state index contributed by atoms with van der Waals surface area (Å²) >= 11 is 0. The van der Waals surface area contributed by atoms with Crippen LogP contribution >= 0.6 is 0 Å². The van der Waals surface area contributed by atoms with Gasteiger partial charge in [0, 0.05) is 13.1 Å². The van der Waals surface area contributed by atoms with E-state index in [0.717, 1.165) is 4.57 Å². The molecule has 142 valence electrons. The van der Waals surface area contributed by atoms with Crippen LogP contribution in [0.2, 0.25) is 0 Å². The number of nitrogens with one attached hydrogen (secondary N) is 1. The molecule has 1 aliphatic rings. The molecule has 1 fully saturated rings. The van der Waals surface area contributed by atoms with E-state index in [9.17, 15) is 18.0 Å². The first-order valence-corrected chi connectivity index (χ1v) is 10.1. The van der Waals surface area contributed by atoms with Gasteiger partial charge in [0.1, 0.15) is 0 Å². The predicted octanol–water partition coefficient (Wildman–Crippen LogP) is 0.659. The highest BCUT2D eigenvalue weighted by Crippen LogP contribution is 2.27. The molecular weight excluding hydrogens is 358 g/mol.